The Kier molecular flexibility index (Phi) is 5.16. The summed E-state index contributed by atoms with van der Waals surface area (Å²) in [6.45, 7) is 2.26. The van der Waals surface area contributed by atoms with E-state index in [1.165, 1.54) is 13.2 Å². The summed E-state index contributed by atoms with van der Waals surface area (Å²) in [4.78, 5) is 22.1. The molecule has 3 rings (SSSR count). The van der Waals surface area contributed by atoms with Gasteiger partial charge in [0, 0.05) is 33.8 Å². The smallest absolute Gasteiger partial charge is 0.427 e. The van der Waals surface area contributed by atoms with E-state index in [1.54, 1.807) is 24.4 Å². The predicted octanol–water partition coefficient (Wildman–Crippen LogP) is 3.60. The summed E-state index contributed by atoms with van der Waals surface area (Å²) in [5.74, 6) is 0. The highest BCUT2D eigenvalue weighted by Gasteiger charge is 2.17. The first-order chi connectivity index (χ1) is 13.0. The van der Waals surface area contributed by atoms with Gasteiger partial charge in [0.25, 0.3) is 5.69 Å². The Labute approximate surface area is 155 Å². The Balaban J connectivity index is 2.06. The molecule has 3 aromatic rings. The summed E-state index contributed by atoms with van der Waals surface area (Å²) in [6, 6.07) is 14.4. The van der Waals surface area contributed by atoms with Gasteiger partial charge in [0.1, 0.15) is 0 Å². The van der Waals surface area contributed by atoms with Gasteiger partial charge < -0.3 is 9.30 Å². The lowest BCUT2D eigenvalue weighted by molar-refractivity contribution is -0.385. The molecule has 0 aliphatic heterocycles. The molecule has 0 saturated carbocycles. The second kappa shape index (κ2) is 7.69. The molecule has 0 atom stereocenters. The fourth-order valence-corrected chi connectivity index (χ4v) is 3.01. The zero-order valence-electron chi connectivity index (χ0n) is 14.9. The van der Waals surface area contributed by atoms with Gasteiger partial charge in [-0.2, -0.15) is 5.10 Å². The third-order valence-corrected chi connectivity index (χ3v) is 4.33. The number of rotatable bonds is 5. The first kappa shape index (κ1) is 18.1. The zero-order chi connectivity index (χ0) is 19.4. The number of aromatic nitrogens is 1. The van der Waals surface area contributed by atoms with Crippen LogP contribution in [-0.2, 0) is 11.3 Å². The van der Waals surface area contributed by atoms with Crippen molar-refractivity contribution in [1.82, 2.24) is 9.99 Å². The van der Waals surface area contributed by atoms with E-state index in [4.69, 9.17) is 0 Å². The minimum absolute atomic E-state index is 0.0808. The summed E-state index contributed by atoms with van der Waals surface area (Å²) in [5.41, 5.74) is 5.58. The van der Waals surface area contributed by atoms with Gasteiger partial charge in [-0.05, 0) is 13.0 Å². The van der Waals surface area contributed by atoms with Crippen molar-refractivity contribution in [2.24, 2.45) is 5.10 Å². The van der Waals surface area contributed by atoms with Gasteiger partial charge in [-0.3, -0.25) is 10.1 Å². The first-order valence-corrected chi connectivity index (χ1v) is 8.20. The zero-order valence-corrected chi connectivity index (χ0v) is 14.9. The van der Waals surface area contributed by atoms with Gasteiger partial charge in [-0.25, -0.2) is 10.2 Å². The van der Waals surface area contributed by atoms with Crippen LogP contribution in [0.5, 0.6) is 0 Å². The molecule has 138 valence electrons. The van der Waals surface area contributed by atoms with Crippen molar-refractivity contribution in [2.75, 3.05) is 7.11 Å². The molecule has 0 aliphatic carbocycles. The van der Waals surface area contributed by atoms with Crippen molar-refractivity contribution in [3.8, 4) is 0 Å². The predicted molar refractivity (Wildman–Crippen MR) is 102 cm³/mol. The minimum Gasteiger partial charge on any atom is -0.452 e. The molecule has 27 heavy (non-hydrogen) atoms. The Morgan fingerprint density at radius 1 is 1.26 bits per heavy atom. The van der Waals surface area contributed by atoms with Crippen LogP contribution in [0.2, 0.25) is 0 Å². The van der Waals surface area contributed by atoms with Crippen LogP contribution < -0.4 is 5.43 Å². The van der Waals surface area contributed by atoms with E-state index in [9.17, 15) is 14.9 Å². The molecule has 1 heterocycles. The molecule has 0 spiro atoms. The van der Waals surface area contributed by atoms with Gasteiger partial charge in [-0.15, -0.1) is 0 Å². The molecule has 0 radical (unpaired) electrons. The van der Waals surface area contributed by atoms with Gasteiger partial charge in [0.15, 0.2) is 0 Å². The number of hydrazone groups is 1. The first-order valence-electron chi connectivity index (χ1n) is 8.20. The van der Waals surface area contributed by atoms with Crippen molar-refractivity contribution in [2.45, 2.75) is 13.5 Å². The monoisotopic (exact) mass is 366 g/mol. The lowest BCUT2D eigenvalue weighted by Crippen LogP contribution is -2.16. The van der Waals surface area contributed by atoms with E-state index >= 15 is 0 Å². The number of nitro groups is 1. The summed E-state index contributed by atoms with van der Waals surface area (Å²) >= 11 is 0. The number of fused-ring (bicyclic) bond motifs is 1. The summed E-state index contributed by atoms with van der Waals surface area (Å²) in [5, 5.41) is 16.2. The summed E-state index contributed by atoms with van der Waals surface area (Å²) in [6.07, 6.45) is 0.886. The van der Waals surface area contributed by atoms with Crippen molar-refractivity contribution < 1.29 is 14.5 Å². The van der Waals surface area contributed by atoms with Gasteiger partial charge in [0.05, 0.1) is 24.8 Å². The highest BCUT2D eigenvalue weighted by molar-refractivity contribution is 6.01. The number of benzene rings is 2. The molecule has 0 fully saturated rings. The number of hydrogen-bond acceptors (Lipinski definition) is 5. The molecule has 8 nitrogen and oxygen atoms in total. The highest BCUT2D eigenvalue weighted by Crippen LogP contribution is 2.27. The average Bonchev–Trinajstić information content (AvgIpc) is 2.94. The van der Waals surface area contributed by atoms with Crippen LogP contribution in [0.25, 0.3) is 10.9 Å². The molecule has 1 aromatic heterocycles. The van der Waals surface area contributed by atoms with Crippen LogP contribution in [0.1, 0.15) is 16.8 Å². The third-order valence-electron chi connectivity index (χ3n) is 4.33. The van der Waals surface area contributed by atoms with Crippen LogP contribution in [0.4, 0.5) is 10.5 Å². The minimum atomic E-state index is -0.660. The van der Waals surface area contributed by atoms with E-state index in [2.05, 4.69) is 15.3 Å². The largest absolute Gasteiger partial charge is 0.452 e. The fourth-order valence-electron chi connectivity index (χ4n) is 3.01. The molecule has 8 heteroatoms. The third kappa shape index (κ3) is 3.64. The van der Waals surface area contributed by atoms with Crippen molar-refractivity contribution >= 4 is 28.9 Å². The molecule has 2 aromatic carbocycles. The number of ether oxygens (including phenoxy) is 1. The number of nitrogens with one attached hydrogen (secondary N) is 1. The lowest BCUT2D eigenvalue weighted by Gasteiger charge is -2.09. The van der Waals surface area contributed by atoms with E-state index in [-0.39, 0.29) is 10.6 Å². The molecule has 0 bridgehead atoms. The number of amides is 1. The van der Waals surface area contributed by atoms with Crippen molar-refractivity contribution in [3.05, 3.63) is 75.5 Å². The topological polar surface area (TPSA) is 98.8 Å². The van der Waals surface area contributed by atoms with Crippen LogP contribution >= 0.6 is 0 Å². The lowest BCUT2D eigenvalue weighted by atomic mass is 10.1. The summed E-state index contributed by atoms with van der Waals surface area (Å²) in [7, 11) is 1.26. The Hall–Kier alpha value is -3.68. The normalized spacial score (nSPS) is 11.0. The van der Waals surface area contributed by atoms with Crippen molar-refractivity contribution in [3.63, 3.8) is 0 Å². The fraction of sp³-hybridized carbons (Fsp3) is 0.158. The molecular weight excluding hydrogens is 348 g/mol. The van der Waals surface area contributed by atoms with E-state index in [0.29, 0.717) is 12.1 Å². The number of carbonyl (C=O) groups is 1. The second-order valence-electron chi connectivity index (χ2n) is 5.85. The second-order valence-corrected chi connectivity index (χ2v) is 5.85. The van der Waals surface area contributed by atoms with Crippen LogP contribution in [0.3, 0.4) is 0 Å². The molecule has 1 N–H and O–H groups in total. The van der Waals surface area contributed by atoms with E-state index in [0.717, 1.165) is 22.2 Å². The average molecular weight is 366 g/mol. The van der Waals surface area contributed by atoms with Gasteiger partial charge >= 0.3 is 6.09 Å². The van der Waals surface area contributed by atoms with Gasteiger partial charge in [-0.1, -0.05) is 36.4 Å². The Morgan fingerprint density at radius 2 is 1.96 bits per heavy atom. The standard InChI is InChI=1S/C19H18N4O4/c1-13-16(11-20-21-19(24)27-2)15-8-4-6-10-18(15)22(13)12-14-7-3-5-9-17(14)23(25)26/h3-11H,12H2,1-2H3,(H,21,24)/b20-11-. The Bertz CT molecular complexity index is 1040. The van der Waals surface area contributed by atoms with Gasteiger partial charge in [0.2, 0.25) is 0 Å². The number of carbonyl (C=O) groups excluding carboxylic acids is 1. The van der Waals surface area contributed by atoms with Crippen LogP contribution in [0.15, 0.2) is 53.6 Å². The molecule has 0 saturated heterocycles. The maximum Gasteiger partial charge on any atom is 0.427 e. The van der Waals surface area contributed by atoms with E-state index < -0.39 is 6.09 Å². The quantitative estimate of drug-likeness (QED) is 0.424. The number of hydrogen-bond donors (Lipinski definition) is 1. The summed E-state index contributed by atoms with van der Waals surface area (Å²) < 4.78 is 6.49. The number of para-hydroxylation sites is 2. The maximum absolute atomic E-state index is 11.3. The number of nitro benzene ring substituents is 1. The molecule has 1 amide bonds. The maximum atomic E-state index is 11.3. The van der Waals surface area contributed by atoms with Crippen LogP contribution in [-0.4, -0.2) is 28.9 Å². The molecule has 0 unspecified atom stereocenters. The Morgan fingerprint density at radius 3 is 2.70 bits per heavy atom. The van der Waals surface area contributed by atoms with Crippen LogP contribution in [0, 0.1) is 17.0 Å². The van der Waals surface area contributed by atoms with Crippen molar-refractivity contribution in [1.29, 1.82) is 0 Å². The highest BCUT2D eigenvalue weighted by atomic mass is 16.6. The number of nitrogens with zero attached hydrogens (tertiary/aromatic N) is 3. The number of methoxy groups -OCH3 is 1. The molecule has 0 aliphatic rings. The van der Waals surface area contributed by atoms with E-state index in [1.807, 2.05) is 35.8 Å². The molecular formula is C19H18N4O4. The SMILES string of the molecule is COC(=O)N/N=C\c1c(C)n(Cc2ccccc2[N+](=O)[O-])c2ccccc12.